The molecule has 2 atom stereocenters. The van der Waals surface area contributed by atoms with Crippen molar-refractivity contribution in [3.05, 3.63) is 39.9 Å². The molecule has 0 radical (unpaired) electrons. The highest BCUT2D eigenvalue weighted by Gasteiger charge is 2.42. The number of hydrogen-bond donors (Lipinski definition) is 1. The van der Waals surface area contributed by atoms with E-state index in [2.05, 4.69) is 10.3 Å². The summed E-state index contributed by atoms with van der Waals surface area (Å²) in [4.78, 5) is 42.3. The molecule has 9 nitrogen and oxygen atoms in total. The zero-order chi connectivity index (χ0) is 19.4. The normalized spacial score (nSPS) is 22.6. The molecule has 1 saturated heterocycles. The predicted octanol–water partition coefficient (Wildman–Crippen LogP) is 1.79. The van der Waals surface area contributed by atoms with E-state index in [1.165, 1.54) is 18.2 Å². The number of aliphatic imine (C=N–C) groups is 1. The van der Waals surface area contributed by atoms with Gasteiger partial charge < -0.3 is 9.64 Å². The molecule has 3 rings (SSSR count). The number of nitro benzene ring substituents is 1. The smallest absolute Gasteiger partial charge is 0.321 e. The van der Waals surface area contributed by atoms with Crippen molar-refractivity contribution in [2.24, 2.45) is 10.9 Å². The molecular weight excluding hydrogens is 352 g/mol. The van der Waals surface area contributed by atoms with Crippen LogP contribution >= 0.6 is 0 Å². The molecule has 0 spiro atoms. The Labute approximate surface area is 156 Å². The van der Waals surface area contributed by atoms with Crippen molar-refractivity contribution in [1.82, 2.24) is 10.2 Å². The number of ether oxygens (including phenoxy) is 1. The summed E-state index contributed by atoms with van der Waals surface area (Å²) in [5.74, 6) is -1.95. The van der Waals surface area contributed by atoms with Crippen LogP contribution < -0.4 is 5.32 Å². The number of carbonyl (C=O) groups excluding carboxylic acids is 2. The molecule has 0 bridgehead atoms. The Hall–Kier alpha value is -2.97. The number of esters is 1. The SMILES string of the molecule is CCOC(=O)[C@H]1C(=O)NC(N2CCCCC2)=N[C@H]1c1cccc([N+](=O)[O-])c1. The van der Waals surface area contributed by atoms with Gasteiger partial charge in [-0.3, -0.25) is 25.0 Å². The monoisotopic (exact) mass is 374 g/mol. The van der Waals surface area contributed by atoms with Gasteiger partial charge in [-0.2, -0.15) is 0 Å². The van der Waals surface area contributed by atoms with Gasteiger partial charge in [0.2, 0.25) is 11.9 Å². The van der Waals surface area contributed by atoms with Crippen LogP contribution in [0.2, 0.25) is 0 Å². The zero-order valence-electron chi connectivity index (χ0n) is 15.1. The third-order valence-corrected chi connectivity index (χ3v) is 4.71. The first-order chi connectivity index (χ1) is 13.0. The van der Waals surface area contributed by atoms with Crippen LogP contribution in [0.25, 0.3) is 0 Å². The van der Waals surface area contributed by atoms with E-state index in [9.17, 15) is 19.7 Å². The molecule has 1 aromatic rings. The van der Waals surface area contributed by atoms with Crippen molar-refractivity contribution in [2.75, 3.05) is 19.7 Å². The van der Waals surface area contributed by atoms with Gasteiger partial charge in [0.15, 0.2) is 5.92 Å². The molecule has 0 aromatic heterocycles. The Kier molecular flexibility index (Phi) is 5.68. The molecule has 0 unspecified atom stereocenters. The van der Waals surface area contributed by atoms with Crippen LogP contribution in [0.15, 0.2) is 29.3 Å². The lowest BCUT2D eigenvalue weighted by Gasteiger charge is -2.35. The first kappa shape index (κ1) is 18.8. The maximum absolute atomic E-state index is 12.7. The third kappa shape index (κ3) is 4.07. The number of benzene rings is 1. The zero-order valence-corrected chi connectivity index (χ0v) is 15.1. The summed E-state index contributed by atoms with van der Waals surface area (Å²) in [6.07, 6.45) is 3.12. The molecule has 1 fully saturated rings. The van der Waals surface area contributed by atoms with Crippen molar-refractivity contribution >= 4 is 23.5 Å². The van der Waals surface area contributed by atoms with Crippen LogP contribution in [-0.2, 0) is 14.3 Å². The van der Waals surface area contributed by atoms with Crippen molar-refractivity contribution in [2.45, 2.75) is 32.2 Å². The van der Waals surface area contributed by atoms with Gasteiger partial charge in [0, 0.05) is 25.2 Å². The largest absolute Gasteiger partial charge is 0.465 e. The lowest BCUT2D eigenvalue weighted by molar-refractivity contribution is -0.384. The molecule has 1 aromatic carbocycles. The van der Waals surface area contributed by atoms with Crippen molar-refractivity contribution in [1.29, 1.82) is 0 Å². The molecule has 0 aliphatic carbocycles. The average molecular weight is 374 g/mol. The van der Waals surface area contributed by atoms with E-state index in [4.69, 9.17) is 4.74 Å². The molecule has 27 heavy (non-hydrogen) atoms. The standard InChI is InChI=1S/C18H22N4O5/c1-2-27-17(24)14-15(12-7-6-8-13(11-12)22(25)26)19-18(20-16(14)23)21-9-4-3-5-10-21/h6-8,11,14-15H,2-5,9-10H2,1H3,(H,19,20,23)/t14-,15+/m1/s1. The van der Waals surface area contributed by atoms with E-state index in [0.29, 0.717) is 11.5 Å². The maximum atomic E-state index is 12.7. The number of rotatable bonds is 4. The summed E-state index contributed by atoms with van der Waals surface area (Å²) in [6.45, 7) is 3.33. The van der Waals surface area contributed by atoms with Crippen LogP contribution in [0, 0.1) is 16.0 Å². The lowest BCUT2D eigenvalue weighted by atomic mass is 9.91. The summed E-state index contributed by atoms with van der Waals surface area (Å²) in [5, 5.41) is 13.8. The van der Waals surface area contributed by atoms with E-state index >= 15 is 0 Å². The Balaban J connectivity index is 2.01. The highest BCUT2D eigenvalue weighted by atomic mass is 16.6. The quantitative estimate of drug-likeness (QED) is 0.372. The van der Waals surface area contributed by atoms with Gasteiger partial charge in [0.1, 0.15) is 6.04 Å². The van der Waals surface area contributed by atoms with Crippen LogP contribution in [0.1, 0.15) is 37.8 Å². The van der Waals surface area contributed by atoms with Gasteiger partial charge in [-0.1, -0.05) is 12.1 Å². The number of nitrogens with zero attached hydrogens (tertiary/aromatic N) is 3. The first-order valence-electron chi connectivity index (χ1n) is 9.06. The Morgan fingerprint density at radius 1 is 1.37 bits per heavy atom. The number of nitrogens with one attached hydrogen (secondary N) is 1. The second kappa shape index (κ2) is 8.15. The summed E-state index contributed by atoms with van der Waals surface area (Å²) < 4.78 is 5.05. The van der Waals surface area contributed by atoms with E-state index in [0.717, 1.165) is 32.4 Å². The number of carbonyl (C=O) groups is 2. The second-order valence-corrected chi connectivity index (χ2v) is 6.52. The fraction of sp³-hybridized carbons (Fsp3) is 0.500. The number of amides is 1. The molecule has 1 N–H and O–H groups in total. The molecule has 2 aliphatic heterocycles. The predicted molar refractivity (Wildman–Crippen MR) is 97.0 cm³/mol. The van der Waals surface area contributed by atoms with Crippen molar-refractivity contribution in [3.8, 4) is 0 Å². The van der Waals surface area contributed by atoms with Gasteiger partial charge in [-0.05, 0) is 31.7 Å². The Morgan fingerprint density at radius 2 is 2.11 bits per heavy atom. The molecule has 0 saturated carbocycles. The minimum absolute atomic E-state index is 0.115. The topological polar surface area (TPSA) is 114 Å². The number of piperidine rings is 1. The van der Waals surface area contributed by atoms with Gasteiger partial charge in [0.25, 0.3) is 5.69 Å². The van der Waals surface area contributed by atoms with E-state index in [-0.39, 0.29) is 12.3 Å². The molecule has 2 heterocycles. The van der Waals surface area contributed by atoms with E-state index < -0.39 is 28.8 Å². The molecular formula is C18H22N4O5. The molecule has 1 amide bonds. The highest BCUT2D eigenvalue weighted by molar-refractivity contribution is 6.08. The molecule has 9 heteroatoms. The molecule has 144 valence electrons. The van der Waals surface area contributed by atoms with Crippen LogP contribution in [0.3, 0.4) is 0 Å². The van der Waals surface area contributed by atoms with Gasteiger partial charge in [0.05, 0.1) is 11.5 Å². The number of nitro groups is 1. The second-order valence-electron chi connectivity index (χ2n) is 6.52. The minimum Gasteiger partial charge on any atom is -0.465 e. The van der Waals surface area contributed by atoms with Gasteiger partial charge in [-0.15, -0.1) is 0 Å². The fourth-order valence-electron chi connectivity index (χ4n) is 3.39. The highest BCUT2D eigenvalue weighted by Crippen LogP contribution is 2.32. The first-order valence-corrected chi connectivity index (χ1v) is 9.06. The maximum Gasteiger partial charge on any atom is 0.321 e. The van der Waals surface area contributed by atoms with Crippen molar-refractivity contribution in [3.63, 3.8) is 0 Å². The number of hydrogen-bond acceptors (Lipinski definition) is 7. The van der Waals surface area contributed by atoms with Gasteiger partial charge >= 0.3 is 5.97 Å². The van der Waals surface area contributed by atoms with E-state index in [1.807, 2.05) is 4.90 Å². The van der Waals surface area contributed by atoms with Gasteiger partial charge in [-0.25, -0.2) is 4.99 Å². The Morgan fingerprint density at radius 3 is 2.78 bits per heavy atom. The fourth-order valence-corrected chi connectivity index (χ4v) is 3.39. The Bertz CT molecular complexity index is 773. The third-order valence-electron chi connectivity index (χ3n) is 4.71. The summed E-state index contributed by atoms with van der Waals surface area (Å²) >= 11 is 0. The minimum atomic E-state index is -1.18. The van der Waals surface area contributed by atoms with Crippen LogP contribution in [0.5, 0.6) is 0 Å². The lowest BCUT2D eigenvalue weighted by Crippen LogP contribution is -2.53. The van der Waals surface area contributed by atoms with Crippen LogP contribution in [-0.4, -0.2) is 47.4 Å². The summed E-state index contributed by atoms with van der Waals surface area (Å²) in [6, 6.07) is 5.01. The number of non-ortho nitro benzene ring substituents is 1. The number of guanidine groups is 1. The molecule has 2 aliphatic rings. The van der Waals surface area contributed by atoms with E-state index in [1.54, 1.807) is 13.0 Å². The number of likely N-dealkylation sites (tertiary alicyclic amines) is 1. The average Bonchev–Trinajstić information content (AvgIpc) is 2.68. The van der Waals surface area contributed by atoms with Crippen LogP contribution in [0.4, 0.5) is 5.69 Å². The summed E-state index contributed by atoms with van der Waals surface area (Å²) in [5.41, 5.74) is 0.322. The summed E-state index contributed by atoms with van der Waals surface area (Å²) in [7, 11) is 0. The van der Waals surface area contributed by atoms with Crippen molar-refractivity contribution < 1.29 is 19.2 Å².